The lowest BCUT2D eigenvalue weighted by atomic mass is 9.73. The molecule has 1 aliphatic rings. The predicted molar refractivity (Wildman–Crippen MR) is 133 cm³/mol. The summed E-state index contributed by atoms with van der Waals surface area (Å²) in [6.07, 6.45) is 8.05. The van der Waals surface area contributed by atoms with Crippen LogP contribution in [0, 0.1) is 0 Å². The second-order valence-corrected chi connectivity index (χ2v) is 9.35. The molecule has 4 nitrogen and oxygen atoms in total. The van der Waals surface area contributed by atoms with Crippen LogP contribution >= 0.6 is 0 Å². The minimum atomic E-state index is -0.907. The lowest BCUT2D eigenvalue weighted by molar-refractivity contribution is 0.0697. The fourth-order valence-corrected chi connectivity index (χ4v) is 4.46. The zero-order chi connectivity index (χ0) is 23.3. The summed E-state index contributed by atoms with van der Waals surface area (Å²) in [5, 5.41) is 9.27. The van der Waals surface area contributed by atoms with Crippen LogP contribution in [-0.4, -0.2) is 24.2 Å². The number of rotatable bonds is 10. The molecule has 0 spiro atoms. The van der Waals surface area contributed by atoms with E-state index in [0.717, 1.165) is 43.1 Å². The standard InChI is InChI=1S/C28H37NO3/c1-6-8-9-10-17-32-23-18-24-26(20(3)15-16-28(24,4)5)25(19-23)29(7-2)22-13-11-21(12-14-22)27(30)31/h11-15,18-19H,6-10,16-17H2,1-5H3,(H,30,31). The van der Waals surface area contributed by atoms with Gasteiger partial charge in [-0.3, -0.25) is 0 Å². The molecule has 3 rings (SSSR count). The first kappa shape index (κ1) is 23.9. The number of carboxylic acid groups (broad SMARTS) is 1. The van der Waals surface area contributed by atoms with Gasteiger partial charge in [-0.15, -0.1) is 0 Å². The molecule has 0 saturated carbocycles. The molecule has 0 aliphatic heterocycles. The van der Waals surface area contributed by atoms with Crippen molar-refractivity contribution in [3.05, 3.63) is 59.2 Å². The van der Waals surface area contributed by atoms with Crippen molar-refractivity contribution in [2.75, 3.05) is 18.1 Å². The molecule has 2 aromatic rings. The maximum Gasteiger partial charge on any atom is 0.335 e. The summed E-state index contributed by atoms with van der Waals surface area (Å²) in [5.74, 6) is 0.00889. The molecule has 0 unspecified atom stereocenters. The Balaban J connectivity index is 2.04. The van der Waals surface area contributed by atoms with Crippen LogP contribution in [0.25, 0.3) is 5.57 Å². The zero-order valence-corrected chi connectivity index (χ0v) is 20.2. The van der Waals surface area contributed by atoms with E-state index >= 15 is 0 Å². The fourth-order valence-electron chi connectivity index (χ4n) is 4.46. The Morgan fingerprint density at radius 1 is 1.09 bits per heavy atom. The molecule has 0 fully saturated rings. The van der Waals surface area contributed by atoms with Crippen molar-refractivity contribution in [1.29, 1.82) is 0 Å². The molecule has 2 aromatic carbocycles. The molecule has 32 heavy (non-hydrogen) atoms. The van der Waals surface area contributed by atoms with Crippen LogP contribution in [0.1, 0.15) is 88.2 Å². The molecule has 0 heterocycles. The highest BCUT2D eigenvalue weighted by Gasteiger charge is 2.31. The molecule has 0 radical (unpaired) electrons. The van der Waals surface area contributed by atoms with Gasteiger partial charge in [0, 0.05) is 23.9 Å². The van der Waals surface area contributed by atoms with Crippen LogP contribution < -0.4 is 9.64 Å². The molecule has 0 bridgehead atoms. The van der Waals surface area contributed by atoms with Gasteiger partial charge in [0.25, 0.3) is 0 Å². The van der Waals surface area contributed by atoms with E-state index in [-0.39, 0.29) is 5.41 Å². The quantitative estimate of drug-likeness (QED) is 0.391. The first-order valence-electron chi connectivity index (χ1n) is 11.9. The number of hydrogen-bond acceptors (Lipinski definition) is 3. The van der Waals surface area contributed by atoms with E-state index in [0.29, 0.717) is 5.56 Å². The number of nitrogens with zero attached hydrogens (tertiary/aromatic N) is 1. The van der Waals surface area contributed by atoms with Crippen LogP contribution in [-0.2, 0) is 5.41 Å². The normalized spacial score (nSPS) is 14.5. The van der Waals surface area contributed by atoms with E-state index in [1.165, 1.54) is 36.0 Å². The zero-order valence-electron chi connectivity index (χ0n) is 20.2. The summed E-state index contributed by atoms with van der Waals surface area (Å²) in [5.41, 5.74) is 6.30. The van der Waals surface area contributed by atoms with Gasteiger partial charge in [-0.1, -0.05) is 46.1 Å². The second-order valence-electron chi connectivity index (χ2n) is 9.35. The van der Waals surface area contributed by atoms with Gasteiger partial charge < -0.3 is 14.7 Å². The number of carbonyl (C=O) groups is 1. The number of unbranched alkanes of at least 4 members (excludes halogenated alkanes) is 3. The van der Waals surface area contributed by atoms with Crippen LogP contribution in [0.15, 0.2) is 42.5 Å². The summed E-state index contributed by atoms with van der Waals surface area (Å²) >= 11 is 0. The Morgan fingerprint density at radius 2 is 1.81 bits per heavy atom. The van der Waals surface area contributed by atoms with Crippen molar-refractivity contribution < 1.29 is 14.6 Å². The summed E-state index contributed by atoms with van der Waals surface area (Å²) in [6, 6.07) is 11.5. The predicted octanol–water partition coefficient (Wildman–Crippen LogP) is 7.59. The summed E-state index contributed by atoms with van der Waals surface area (Å²) < 4.78 is 6.25. The third-order valence-corrected chi connectivity index (χ3v) is 6.43. The Labute approximate surface area is 192 Å². The van der Waals surface area contributed by atoms with Crippen molar-refractivity contribution in [3.8, 4) is 5.75 Å². The average Bonchev–Trinajstić information content (AvgIpc) is 2.77. The van der Waals surface area contributed by atoms with E-state index in [9.17, 15) is 9.90 Å². The van der Waals surface area contributed by atoms with E-state index in [1.807, 2.05) is 12.1 Å². The van der Waals surface area contributed by atoms with Gasteiger partial charge in [-0.2, -0.15) is 0 Å². The molecule has 0 atom stereocenters. The maximum absolute atomic E-state index is 11.3. The number of hydrogen-bond donors (Lipinski definition) is 1. The molecule has 172 valence electrons. The van der Waals surface area contributed by atoms with Gasteiger partial charge in [0.1, 0.15) is 5.75 Å². The van der Waals surface area contributed by atoms with Crippen LogP contribution in [0.5, 0.6) is 5.75 Å². The highest BCUT2D eigenvalue weighted by Crippen LogP contribution is 2.46. The topological polar surface area (TPSA) is 49.8 Å². The number of carboxylic acids is 1. The fraction of sp³-hybridized carbons (Fsp3) is 0.464. The van der Waals surface area contributed by atoms with E-state index < -0.39 is 5.97 Å². The first-order chi connectivity index (χ1) is 15.3. The van der Waals surface area contributed by atoms with Crippen LogP contribution in [0.4, 0.5) is 11.4 Å². The summed E-state index contributed by atoms with van der Waals surface area (Å²) in [4.78, 5) is 13.6. The number of allylic oxidation sites excluding steroid dienone is 2. The monoisotopic (exact) mass is 435 g/mol. The number of benzene rings is 2. The smallest absolute Gasteiger partial charge is 0.335 e. The third-order valence-electron chi connectivity index (χ3n) is 6.43. The van der Waals surface area contributed by atoms with Crippen molar-refractivity contribution >= 4 is 22.9 Å². The van der Waals surface area contributed by atoms with Crippen LogP contribution in [0.2, 0.25) is 0 Å². The Bertz CT molecular complexity index is 973. The largest absolute Gasteiger partial charge is 0.494 e. The van der Waals surface area contributed by atoms with E-state index in [2.05, 4.69) is 57.7 Å². The Hall–Kier alpha value is -2.75. The van der Waals surface area contributed by atoms with Crippen LogP contribution in [0.3, 0.4) is 0 Å². The number of fused-ring (bicyclic) bond motifs is 1. The molecule has 0 amide bonds. The molecule has 0 aromatic heterocycles. The lowest BCUT2D eigenvalue weighted by Crippen LogP contribution is -2.25. The first-order valence-corrected chi connectivity index (χ1v) is 11.9. The molecule has 1 N–H and O–H groups in total. The lowest BCUT2D eigenvalue weighted by Gasteiger charge is -2.36. The Morgan fingerprint density at radius 3 is 2.44 bits per heavy atom. The number of ether oxygens (including phenoxy) is 1. The summed E-state index contributed by atoms with van der Waals surface area (Å²) in [6.45, 7) is 12.6. The number of anilines is 2. The summed E-state index contributed by atoms with van der Waals surface area (Å²) in [7, 11) is 0. The van der Waals surface area contributed by atoms with E-state index in [1.54, 1.807) is 12.1 Å². The van der Waals surface area contributed by atoms with Gasteiger partial charge in [-0.05, 0) is 73.6 Å². The third kappa shape index (κ3) is 5.17. The SMILES string of the molecule is CCCCCCOc1cc(N(CC)c2ccc(C(=O)O)cc2)c2c(c1)C(C)(C)CC=C2C. The van der Waals surface area contributed by atoms with Gasteiger partial charge in [0.05, 0.1) is 17.9 Å². The molecular weight excluding hydrogens is 398 g/mol. The van der Waals surface area contributed by atoms with Gasteiger partial charge in [-0.25, -0.2) is 4.79 Å². The van der Waals surface area contributed by atoms with Gasteiger partial charge >= 0.3 is 5.97 Å². The minimum Gasteiger partial charge on any atom is -0.494 e. The number of aromatic carboxylic acids is 1. The van der Waals surface area contributed by atoms with Gasteiger partial charge in [0.15, 0.2) is 0 Å². The van der Waals surface area contributed by atoms with E-state index in [4.69, 9.17) is 4.74 Å². The molecular formula is C28H37NO3. The Kier molecular flexibility index (Phi) is 7.65. The second kappa shape index (κ2) is 10.2. The maximum atomic E-state index is 11.3. The minimum absolute atomic E-state index is 0.0255. The van der Waals surface area contributed by atoms with Crippen molar-refractivity contribution in [3.63, 3.8) is 0 Å². The molecule has 1 aliphatic carbocycles. The highest BCUT2D eigenvalue weighted by atomic mass is 16.5. The highest BCUT2D eigenvalue weighted by molar-refractivity contribution is 5.89. The molecule has 0 saturated heterocycles. The van der Waals surface area contributed by atoms with Crippen molar-refractivity contribution in [1.82, 2.24) is 0 Å². The van der Waals surface area contributed by atoms with Gasteiger partial charge in [0.2, 0.25) is 0 Å². The van der Waals surface area contributed by atoms with Crippen molar-refractivity contribution in [2.24, 2.45) is 0 Å². The molecule has 4 heteroatoms. The van der Waals surface area contributed by atoms with Crippen molar-refractivity contribution in [2.45, 2.75) is 72.1 Å². The average molecular weight is 436 g/mol.